The highest BCUT2D eigenvalue weighted by molar-refractivity contribution is 5.94. The number of hydrogen-bond acceptors (Lipinski definition) is 3. The summed E-state index contributed by atoms with van der Waals surface area (Å²) in [4.78, 5) is 23.4. The summed E-state index contributed by atoms with van der Waals surface area (Å²) in [5, 5.41) is 2.82. The highest BCUT2D eigenvalue weighted by atomic mass is 19.1. The summed E-state index contributed by atoms with van der Waals surface area (Å²) in [6.45, 7) is 2.58. The maximum Gasteiger partial charge on any atom is 0.305 e. The van der Waals surface area contributed by atoms with Crippen molar-refractivity contribution in [1.82, 2.24) is 5.32 Å². The molecule has 1 amide bonds. The number of amides is 1. The van der Waals surface area contributed by atoms with Gasteiger partial charge in [-0.3, -0.25) is 9.59 Å². The highest BCUT2D eigenvalue weighted by Crippen LogP contribution is 2.10. The molecule has 0 fully saturated rings. The van der Waals surface area contributed by atoms with Crippen molar-refractivity contribution in [2.24, 2.45) is 0 Å². The molecular formula is C21H24FNO3. The van der Waals surface area contributed by atoms with Crippen LogP contribution in [0.4, 0.5) is 4.39 Å². The molecule has 1 N–H and O–H groups in total. The van der Waals surface area contributed by atoms with E-state index in [9.17, 15) is 14.0 Å². The molecule has 0 aromatic heterocycles. The van der Waals surface area contributed by atoms with Crippen LogP contribution in [0.5, 0.6) is 0 Å². The summed E-state index contributed by atoms with van der Waals surface area (Å²) in [5.41, 5.74) is 2.56. The van der Waals surface area contributed by atoms with Crippen molar-refractivity contribution in [2.45, 2.75) is 39.2 Å². The minimum atomic E-state index is -0.294. The largest absolute Gasteiger partial charge is 0.466 e. The van der Waals surface area contributed by atoms with Gasteiger partial charge in [-0.05, 0) is 61.6 Å². The van der Waals surface area contributed by atoms with Gasteiger partial charge >= 0.3 is 5.97 Å². The number of esters is 1. The van der Waals surface area contributed by atoms with Gasteiger partial charge in [0.05, 0.1) is 6.61 Å². The number of ether oxygens (including phenoxy) is 1. The number of halogens is 1. The molecule has 0 radical (unpaired) electrons. The van der Waals surface area contributed by atoms with Crippen molar-refractivity contribution in [3.63, 3.8) is 0 Å². The quantitative estimate of drug-likeness (QED) is 0.544. The number of rotatable bonds is 9. The van der Waals surface area contributed by atoms with Crippen LogP contribution < -0.4 is 5.32 Å². The molecule has 2 aromatic rings. The Balaban J connectivity index is 1.74. The molecule has 0 heterocycles. The fraction of sp³-hybridized carbons (Fsp3) is 0.333. The number of carbonyl (C=O) groups excluding carboxylic acids is 2. The molecule has 0 saturated carbocycles. The molecule has 5 heteroatoms. The highest BCUT2D eigenvalue weighted by Gasteiger charge is 2.06. The molecule has 0 spiro atoms. The summed E-state index contributed by atoms with van der Waals surface area (Å²) in [6, 6.07) is 13.5. The first-order valence-corrected chi connectivity index (χ1v) is 8.85. The van der Waals surface area contributed by atoms with E-state index < -0.39 is 0 Å². The van der Waals surface area contributed by atoms with E-state index in [-0.39, 0.29) is 17.7 Å². The molecule has 0 aliphatic carbocycles. The molecular weight excluding hydrogens is 333 g/mol. The van der Waals surface area contributed by atoms with Gasteiger partial charge in [0.25, 0.3) is 5.91 Å². The second-order valence-electron chi connectivity index (χ2n) is 6.02. The van der Waals surface area contributed by atoms with Gasteiger partial charge in [-0.2, -0.15) is 0 Å². The number of hydrogen-bond donors (Lipinski definition) is 1. The first-order valence-electron chi connectivity index (χ1n) is 8.85. The lowest BCUT2D eigenvalue weighted by Crippen LogP contribution is -2.22. The molecule has 0 aliphatic heterocycles. The third-order valence-corrected chi connectivity index (χ3v) is 3.98. The van der Waals surface area contributed by atoms with Gasteiger partial charge in [-0.25, -0.2) is 4.39 Å². The van der Waals surface area contributed by atoms with Gasteiger partial charge in [0.2, 0.25) is 0 Å². The van der Waals surface area contributed by atoms with E-state index in [1.165, 1.54) is 12.1 Å². The zero-order valence-electron chi connectivity index (χ0n) is 15.0. The first-order chi connectivity index (χ1) is 12.6. The lowest BCUT2D eigenvalue weighted by Gasteiger charge is -2.07. The molecule has 138 valence electrons. The monoisotopic (exact) mass is 357 g/mol. The van der Waals surface area contributed by atoms with Gasteiger partial charge in [0.1, 0.15) is 5.82 Å². The number of nitrogens with one attached hydrogen (secondary N) is 1. The van der Waals surface area contributed by atoms with Gasteiger partial charge in [-0.1, -0.05) is 24.3 Å². The van der Waals surface area contributed by atoms with Gasteiger partial charge in [0.15, 0.2) is 0 Å². The molecule has 0 atom stereocenters. The second kappa shape index (κ2) is 10.3. The Morgan fingerprint density at radius 2 is 1.62 bits per heavy atom. The summed E-state index contributed by atoms with van der Waals surface area (Å²) in [5.74, 6) is -0.609. The molecule has 2 aromatic carbocycles. The topological polar surface area (TPSA) is 55.4 Å². The van der Waals surface area contributed by atoms with E-state index in [4.69, 9.17) is 4.74 Å². The standard InChI is InChI=1S/C21H24FNO3/c1-2-26-20(24)6-4-3-5-16-7-11-18(12-8-16)21(25)23-15-17-9-13-19(22)14-10-17/h7-14H,2-6,15H2,1H3,(H,23,25). The first kappa shape index (κ1) is 19.6. The van der Waals surface area contributed by atoms with Crippen LogP contribution in [0.25, 0.3) is 0 Å². The van der Waals surface area contributed by atoms with Gasteiger partial charge < -0.3 is 10.1 Å². The van der Waals surface area contributed by atoms with Crippen molar-refractivity contribution in [3.8, 4) is 0 Å². The van der Waals surface area contributed by atoms with Crippen molar-refractivity contribution < 1.29 is 18.7 Å². The maximum absolute atomic E-state index is 12.9. The fourth-order valence-corrected chi connectivity index (χ4v) is 2.54. The summed E-state index contributed by atoms with van der Waals surface area (Å²) >= 11 is 0. The van der Waals surface area contributed by atoms with Gasteiger partial charge in [0, 0.05) is 18.5 Å². The van der Waals surface area contributed by atoms with Crippen LogP contribution in [-0.4, -0.2) is 18.5 Å². The predicted octanol–water partition coefficient (Wildman–Crippen LogP) is 4.03. The Bertz CT molecular complexity index is 711. The third-order valence-electron chi connectivity index (χ3n) is 3.98. The zero-order valence-corrected chi connectivity index (χ0v) is 15.0. The smallest absolute Gasteiger partial charge is 0.305 e. The molecule has 0 unspecified atom stereocenters. The number of aryl methyl sites for hydroxylation is 1. The van der Waals surface area contributed by atoms with Crippen molar-refractivity contribution >= 4 is 11.9 Å². The van der Waals surface area contributed by atoms with E-state index in [1.807, 2.05) is 12.1 Å². The van der Waals surface area contributed by atoms with E-state index in [0.29, 0.717) is 25.1 Å². The van der Waals surface area contributed by atoms with E-state index in [2.05, 4.69) is 5.32 Å². The van der Waals surface area contributed by atoms with Crippen LogP contribution in [-0.2, 0) is 22.5 Å². The molecule has 0 bridgehead atoms. The normalized spacial score (nSPS) is 10.4. The second-order valence-corrected chi connectivity index (χ2v) is 6.02. The Morgan fingerprint density at radius 3 is 2.27 bits per heavy atom. The average Bonchev–Trinajstić information content (AvgIpc) is 2.65. The average molecular weight is 357 g/mol. The molecule has 4 nitrogen and oxygen atoms in total. The van der Waals surface area contributed by atoms with Crippen LogP contribution in [0.1, 0.15) is 47.7 Å². The van der Waals surface area contributed by atoms with Crippen LogP contribution in [0.3, 0.4) is 0 Å². The van der Waals surface area contributed by atoms with Crippen LogP contribution in [0.2, 0.25) is 0 Å². The Kier molecular flexibility index (Phi) is 7.80. The zero-order chi connectivity index (χ0) is 18.8. The predicted molar refractivity (Wildman–Crippen MR) is 98.2 cm³/mol. The van der Waals surface area contributed by atoms with Crippen molar-refractivity contribution in [1.29, 1.82) is 0 Å². The maximum atomic E-state index is 12.9. The number of carbonyl (C=O) groups is 2. The Hall–Kier alpha value is -2.69. The van der Waals surface area contributed by atoms with Crippen LogP contribution in [0.15, 0.2) is 48.5 Å². The van der Waals surface area contributed by atoms with Crippen molar-refractivity contribution in [2.75, 3.05) is 6.61 Å². The number of benzene rings is 2. The minimum absolute atomic E-state index is 0.152. The summed E-state index contributed by atoms with van der Waals surface area (Å²) in [7, 11) is 0. The molecule has 0 aliphatic rings. The van der Waals surface area contributed by atoms with E-state index in [1.54, 1.807) is 31.2 Å². The molecule has 26 heavy (non-hydrogen) atoms. The SMILES string of the molecule is CCOC(=O)CCCCc1ccc(C(=O)NCc2ccc(F)cc2)cc1. The minimum Gasteiger partial charge on any atom is -0.466 e. The summed E-state index contributed by atoms with van der Waals surface area (Å²) < 4.78 is 17.8. The lowest BCUT2D eigenvalue weighted by atomic mass is 10.0. The number of unbranched alkanes of at least 4 members (excludes halogenated alkanes) is 1. The van der Waals surface area contributed by atoms with E-state index in [0.717, 1.165) is 30.4 Å². The third kappa shape index (κ3) is 6.67. The Labute approximate surface area is 153 Å². The fourth-order valence-electron chi connectivity index (χ4n) is 2.54. The Morgan fingerprint density at radius 1 is 0.962 bits per heavy atom. The molecule has 2 rings (SSSR count). The van der Waals surface area contributed by atoms with Crippen molar-refractivity contribution in [3.05, 3.63) is 71.0 Å². The van der Waals surface area contributed by atoms with Gasteiger partial charge in [-0.15, -0.1) is 0 Å². The van der Waals surface area contributed by atoms with E-state index >= 15 is 0 Å². The van der Waals surface area contributed by atoms with Crippen LogP contribution >= 0.6 is 0 Å². The summed E-state index contributed by atoms with van der Waals surface area (Å²) in [6.07, 6.45) is 2.99. The lowest BCUT2D eigenvalue weighted by molar-refractivity contribution is -0.143. The van der Waals surface area contributed by atoms with Crippen LogP contribution in [0, 0.1) is 5.82 Å². The molecule has 0 saturated heterocycles.